The molecule has 6 nitrogen and oxygen atoms in total. The van der Waals surface area contributed by atoms with Gasteiger partial charge in [0.25, 0.3) is 0 Å². The van der Waals surface area contributed by atoms with E-state index in [1.165, 1.54) is 12.0 Å². The Morgan fingerprint density at radius 2 is 1.87 bits per heavy atom. The lowest BCUT2D eigenvalue weighted by Crippen LogP contribution is -2.40. The highest BCUT2D eigenvalue weighted by atomic mass is 35.5. The summed E-state index contributed by atoms with van der Waals surface area (Å²) in [7, 11) is -2.02. The van der Waals surface area contributed by atoms with Gasteiger partial charge in [0.1, 0.15) is 5.75 Å². The molecule has 1 amide bonds. The highest BCUT2D eigenvalue weighted by Crippen LogP contribution is 2.03. The molecule has 0 bridgehead atoms. The first-order valence-electron chi connectivity index (χ1n) is 7.19. The van der Waals surface area contributed by atoms with E-state index >= 15 is 0 Å². The Kier molecular flexibility index (Phi) is 10.8. The number of halogens is 1. The molecule has 0 heterocycles. The molecular formula is C15H25ClN2O4S. The lowest BCUT2D eigenvalue weighted by molar-refractivity contribution is -0.128. The fourth-order valence-electron chi connectivity index (χ4n) is 1.99. The van der Waals surface area contributed by atoms with Crippen molar-refractivity contribution in [3.63, 3.8) is 0 Å². The number of hydrogen-bond donors (Lipinski definition) is 1. The number of nitrogens with two attached hydrogens (primary N) is 1. The standard InChI is InChI=1S/C15H24N2O4S.ClH/c1-21-11-12-22(19,20)13-15(18)17(10-8-16)9-7-14-5-3-2-4-6-14;/h2-6H,7-13,16H2,1H3;1H. The molecule has 0 aliphatic heterocycles. The Hall–Kier alpha value is -1.15. The number of carbonyl (C=O) groups is 1. The van der Waals surface area contributed by atoms with Gasteiger partial charge in [-0.3, -0.25) is 4.79 Å². The van der Waals surface area contributed by atoms with Crippen molar-refractivity contribution >= 4 is 28.2 Å². The molecule has 0 aromatic heterocycles. The largest absolute Gasteiger partial charge is 0.384 e. The SMILES string of the molecule is COCCS(=O)(=O)CC(=O)N(CCN)CCc1ccccc1.Cl. The second-order valence-electron chi connectivity index (χ2n) is 4.99. The van der Waals surface area contributed by atoms with E-state index in [1.54, 1.807) is 0 Å². The Labute approximate surface area is 144 Å². The number of sulfone groups is 1. The molecule has 132 valence electrons. The Morgan fingerprint density at radius 3 is 2.43 bits per heavy atom. The van der Waals surface area contributed by atoms with Crippen molar-refractivity contribution in [3.05, 3.63) is 35.9 Å². The van der Waals surface area contributed by atoms with Gasteiger partial charge in [0.05, 0.1) is 12.4 Å². The van der Waals surface area contributed by atoms with E-state index in [0.717, 1.165) is 5.56 Å². The zero-order chi connectivity index (χ0) is 16.4. The van der Waals surface area contributed by atoms with Gasteiger partial charge in [-0.05, 0) is 12.0 Å². The third-order valence-corrected chi connectivity index (χ3v) is 4.68. The molecule has 0 aliphatic rings. The van der Waals surface area contributed by atoms with E-state index in [-0.39, 0.29) is 24.8 Å². The van der Waals surface area contributed by atoms with Crippen molar-refractivity contribution < 1.29 is 17.9 Å². The van der Waals surface area contributed by atoms with E-state index in [1.807, 2.05) is 30.3 Å². The maximum absolute atomic E-state index is 12.2. The summed E-state index contributed by atoms with van der Waals surface area (Å²) >= 11 is 0. The number of carbonyl (C=O) groups excluding carboxylic acids is 1. The van der Waals surface area contributed by atoms with E-state index < -0.39 is 21.5 Å². The second kappa shape index (κ2) is 11.4. The Morgan fingerprint density at radius 1 is 1.22 bits per heavy atom. The highest BCUT2D eigenvalue weighted by molar-refractivity contribution is 7.92. The molecule has 1 aromatic rings. The average molecular weight is 365 g/mol. The molecular weight excluding hydrogens is 340 g/mol. The van der Waals surface area contributed by atoms with Crippen molar-refractivity contribution in [3.8, 4) is 0 Å². The summed E-state index contributed by atoms with van der Waals surface area (Å²) in [5.41, 5.74) is 6.61. The molecule has 0 fully saturated rings. The lowest BCUT2D eigenvalue weighted by Gasteiger charge is -2.22. The van der Waals surface area contributed by atoms with Crippen LogP contribution in [-0.4, -0.2) is 64.1 Å². The number of hydrogen-bond acceptors (Lipinski definition) is 5. The predicted octanol–water partition coefficient (Wildman–Crippen LogP) is 0.499. The van der Waals surface area contributed by atoms with Crippen LogP contribution in [0, 0.1) is 0 Å². The topological polar surface area (TPSA) is 89.7 Å². The molecule has 0 unspecified atom stereocenters. The first kappa shape index (κ1) is 21.9. The van der Waals surface area contributed by atoms with Gasteiger partial charge in [0.15, 0.2) is 9.84 Å². The van der Waals surface area contributed by atoms with Crippen LogP contribution in [-0.2, 0) is 25.8 Å². The Bertz CT molecular complexity index is 552. The van der Waals surface area contributed by atoms with Crippen molar-refractivity contribution in [2.75, 3.05) is 44.9 Å². The summed E-state index contributed by atoms with van der Waals surface area (Å²) in [6.45, 7) is 1.21. The molecule has 0 atom stereocenters. The van der Waals surface area contributed by atoms with Crippen LogP contribution in [0.1, 0.15) is 5.56 Å². The summed E-state index contributed by atoms with van der Waals surface area (Å²) < 4.78 is 28.4. The molecule has 1 aromatic carbocycles. The van der Waals surface area contributed by atoms with E-state index in [9.17, 15) is 13.2 Å². The summed E-state index contributed by atoms with van der Waals surface area (Å²) in [6.07, 6.45) is 0.671. The molecule has 0 radical (unpaired) electrons. The van der Waals surface area contributed by atoms with Gasteiger partial charge in [0, 0.05) is 26.7 Å². The first-order valence-corrected chi connectivity index (χ1v) is 9.02. The van der Waals surface area contributed by atoms with Crippen LogP contribution in [0.2, 0.25) is 0 Å². The minimum atomic E-state index is -3.45. The van der Waals surface area contributed by atoms with Crippen LogP contribution in [0.15, 0.2) is 30.3 Å². The minimum Gasteiger partial charge on any atom is -0.384 e. The van der Waals surface area contributed by atoms with Crippen LogP contribution in [0.4, 0.5) is 0 Å². The normalized spacial score (nSPS) is 10.9. The fourth-order valence-corrected chi connectivity index (χ4v) is 3.11. The monoisotopic (exact) mass is 364 g/mol. The average Bonchev–Trinajstić information content (AvgIpc) is 2.50. The van der Waals surface area contributed by atoms with Crippen LogP contribution >= 0.6 is 12.4 Å². The fraction of sp³-hybridized carbons (Fsp3) is 0.533. The molecule has 0 aliphatic carbocycles. The van der Waals surface area contributed by atoms with Gasteiger partial charge in [-0.25, -0.2) is 8.42 Å². The molecule has 8 heteroatoms. The van der Waals surface area contributed by atoms with Crippen LogP contribution < -0.4 is 5.73 Å². The third kappa shape index (κ3) is 8.90. The van der Waals surface area contributed by atoms with Gasteiger partial charge in [-0.1, -0.05) is 30.3 Å². The summed E-state index contributed by atoms with van der Waals surface area (Å²) in [5, 5.41) is 0. The lowest BCUT2D eigenvalue weighted by atomic mass is 10.1. The molecule has 1 rings (SSSR count). The molecule has 23 heavy (non-hydrogen) atoms. The number of amides is 1. The second-order valence-corrected chi connectivity index (χ2v) is 7.17. The molecule has 0 saturated carbocycles. The molecule has 2 N–H and O–H groups in total. The van der Waals surface area contributed by atoms with E-state index in [2.05, 4.69) is 0 Å². The predicted molar refractivity (Wildman–Crippen MR) is 93.6 cm³/mol. The van der Waals surface area contributed by atoms with E-state index in [4.69, 9.17) is 10.5 Å². The van der Waals surface area contributed by atoms with Gasteiger partial charge in [-0.2, -0.15) is 0 Å². The minimum absolute atomic E-state index is 0. The van der Waals surface area contributed by atoms with Crippen LogP contribution in [0.3, 0.4) is 0 Å². The summed E-state index contributed by atoms with van der Waals surface area (Å²) in [4.78, 5) is 13.7. The Balaban J connectivity index is 0.00000484. The number of methoxy groups -OCH3 is 1. The number of benzene rings is 1. The van der Waals surface area contributed by atoms with Crippen molar-refractivity contribution in [2.45, 2.75) is 6.42 Å². The molecule has 0 spiro atoms. The van der Waals surface area contributed by atoms with Crippen molar-refractivity contribution in [1.29, 1.82) is 0 Å². The number of rotatable bonds is 10. The molecule has 0 saturated heterocycles. The maximum atomic E-state index is 12.2. The zero-order valence-electron chi connectivity index (χ0n) is 13.3. The van der Waals surface area contributed by atoms with Crippen molar-refractivity contribution in [2.24, 2.45) is 5.73 Å². The number of nitrogens with zero attached hydrogens (tertiary/aromatic N) is 1. The summed E-state index contributed by atoms with van der Waals surface area (Å²) in [6, 6.07) is 9.73. The van der Waals surface area contributed by atoms with Gasteiger partial charge in [-0.15, -0.1) is 12.4 Å². The van der Waals surface area contributed by atoms with Crippen LogP contribution in [0.25, 0.3) is 0 Å². The smallest absolute Gasteiger partial charge is 0.237 e. The van der Waals surface area contributed by atoms with Gasteiger partial charge >= 0.3 is 0 Å². The first-order chi connectivity index (χ1) is 10.5. The maximum Gasteiger partial charge on any atom is 0.237 e. The highest BCUT2D eigenvalue weighted by Gasteiger charge is 2.21. The van der Waals surface area contributed by atoms with E-state index in [0.29, 0.717) is 26.1 Å². The number of ether oxygens (including phenoxy) is 1. The van der Waals surface area contributed by atoms with Gasteiger partial charge in [0.2, 0.25) is 5.91 Å². The third-order valence-electron chi connectivity index (χ3n) is 3.21. The quantitative estimate of drug-likeness (QED) is 0.653. The van der Waals surface area contributed by atoms with Gasteiger partial charge < -0.3 is 15.4 Å². The van der Waals surface area contributed by atoms with Crippen LogP contribution in [0.5, 0.6) is 0 Å². The van der Waals surface area contributed by atoms with Crippen molar-refractivity contribution in [1.82, 2.24) is 4.90 Å². The zero-order valence-corrected chi connectivity index (χ0v) is 14.9. The summed E-state index contributed by atoms with van der Waals surface area (Å²) in [5.74, 6) is -1.05.